The predicted octanol–water partition coefficient (Wildman–Crippen LogP) is 3.51. The molecule has 4 heteroatoms. The van der Waals surface area contributed by atoms with Gasteiger partial charge < -0.3 is 5.32 Å². The van der Waals surface area contributed by atoms with Crippen LogP contribution in [0.2, 0.25) is 5.02 Å². The van der Waals surface area contributed by atoms with Gasteiger partial charge in [-0.3, -0.25) is 9.69 Å². The molecule has 0 radical (unpaired) electrons. The summed E-state index contributed by atoms with van der Waals surface area (Å²) in [6.07, 6.45) is 7.66. The average Bonchev–Trinajstić information content (AvgIpc) is 2.55. The number of carbonyl (C=O) groups is 1. The van der Waals surface area contributed by atoms with Gasteiger partial charge in [-0.15, -0.1) is 0 Å². The summed E-state index contributed by atoms with van der Waals surface area (Å²) in [5.74, 6) is 1.91. The Labute approximate surface area is 144 Å². The maximum Gasteiger partial charge on any atom is 0.234 e. The second-order valence-electron chi connectivity index (χ2n) is 7.06. The molecule has 1 heterocycles. The zero-order chi connectivity index (χ0) is 16.1. The Bertz CT molecular complexity index is 534. The van der Waals surface area contributed by atoms with Gasteiger partial charge in [0, 0.05) is 18.1 Å². The van der Waals surface area contributed by atoms with E-state index in [-0.39, 0.29) is 5.91 Å². The van der Waals surface area contributed by atoms with Gasteiger partial charge in [-0.1, -0.05) is 43.0 Å². The fourth-order valence-electron chi connectivity index (χ4n) is 4.12. The van der Waals surface area contributed by atoms with Crippen molar-refractivity contribution in [2.75, 3.05) is 26.2 Å². The zero-order valence-corrected chi connectivity index (χ0v) is 14.5. The van der Waals surface area contributed by atoms with E-state index in [0.717, 1.165) is 36.4 Å². The molecule has 126 valence electrons. The molecule has 2 aliphatic rings. The maximum atomic E-state index is 12.1. The van der Waals surface area contributed by atoms with Crippen molar-refractivity contribution in [3.05, 3.63) is 34.9 Å². The van der Waals surface area contributed by atoms with E-state index in [1.54, 1.807) is 0 Å². The lowest BCUT2D eigenvalue weighted by Crippen LogP contribution is -2.46. The summed E-state index contributed by atoms with van der Waals surface area (Å²) in [5, 5.41) is 3.80. The molecule has 1 N–H and O–H groups in total. The van der Waals surface area contributed by atoms with Crippen LogP contribution in [-0.4, -0.2) is 37.0 Å². The topological polar surface area (TPSA) is 32.3 Å². The maximum absolute atomic E-state index is 12.1. The molecule has 3 nitrogen and oxygen atoms in total. The predicted molar refractivity (Wildman–Crippen MR) is 94.7 cm³/mol. The van der Waals surface area contributed by atoms with Crippen LogP contribution in [0, 0.1) is 11.8 Å². The summed E-state index contributed by atoms with van der Waals surface area (Å²) in [6.45, 7) is 3.44. The Balaban J connectivity index is 1.38. The van der Waals surface area contributed by atoms with Crippen LogP contribution >= 0.6 is 11.6 Å². The highest BCUT2D eigenvalue weighted by Crippen LogP contribution is 2.35. The molecule has 23 heavy (non-hydrogen) atoms. The molecule has 1 aliphatic carbocycles. The monoisotopic (exact) mass is 334 g/mol. The molecule has 2 fully saturated rings. The first-order chi connectivity index (χ1) is 11.2. The van der Waals surface area contributed by atoms with Gasteiger partial charge in [-0.05, 0) is 55.3 Å². The van der Waals surface area contributed by atoms with E-state index < -0.39 is 0 Å². The number of rotatable bonds is 5. The number of hydrogen-bond acceptors (Lipinski definition) is 2. The summed E-state index contributed by atoms with van der Waals surface area (Å²) in [4.78, 5) is 14.5. The van der Waals surface area contributed by atoms with Crippen LogP contribution in [0.1, 0.15) is 37.7 Å². The molecule has 1 aliphatic heterocycles. The molecular weight excluding hydrogens is 308 g/mol. The first-order valence-corrected chi connectivity index (χ1v) is 9.32. The van der Waals surface area contributed by atoms with Crippen LogP contribution in [0.4, 0.5) is 0 Å². The quantitative estimate of drug-likeness (QED) is 0.893. The highest BCUT2D eigenvalue weighted by Gasteiger charge is 2.31. The minimum absolute atomic E-state index is 0.154. The Hall–Kier alpha value is -1.06. The Morgan fingerprint density at radius 3 is 2.87 bits per heavy atom. The van der Waals surface area contributed by atoms with E-state index in [9.17, 15) is 4.79 Å². The summed E-state index contributed by atoms with van der Waals surface area (Å²) < 4.78 is 0. The van der Waals surface area contributed by atoms with Gasteiger partial charge in [0.15, 0.2) is 0 Å². The van der Waals surface area contributed by atoms with E-state index in [1.807, 2.05) is 24.3 Å². The number of halogens is 1. The molecule has 0 aromatic heterocycles. The smallest absolute Gasteiger partial charge is 0.234 e. The van der Waals surface area contributed by atoms with Crippen LogP contribution in [0.15, 0.2) is 24.3 Å². The summed E-state index contributed by atoms with van der Waals surface area (Å²) in [6, 6.07) is 7.83. The number of piperidine rings is 1. The van der Waals surface area contributed by atoms with Gasteiger partial charge in [0.05, 0.1) is 6.54 Å². The molecular formula is C19H27ClN2O. The normalized spacial score (nSPS) is 24.9. The van der Waals surface area contributed by atoms with E-state index in [1.165, 1.54) is 37.7 Å². The molecule has 1 aromatic carbocycles. The molecule has 3 rings (SSSR count). The minimum Gasteiger partial charge on any atom is -0.355 e. The standard InChI is InChI=1S/C19H27ClN2O/c20-18-7-3-4-15(12-18)8-10-21-19(23)14-22-11-9-16-5-1-2-6-17(16)13-22/h3-4,7,12,16-17H,1-2,5-6,8-11,13-14H2,(H,21,23)/t16-,17-/m1/s1. The number of amides is 1. The van der Waals surface area contributed by atoms with Crippen molar-refractivity contribution < 1.29 is 4.79 Å². The second kappa shape index (κ2) is 8.16. The number of fused-ring (bicyclic) bond motifs is 1. The van der Waals surface area contributed by atoms with Crippen molar-refractivity contribution in [2.24, 2.45) is 11.8 Å². The Morgan fingerprint density at radius 1 is 1.22 bits per heavy atom. The molecule has 1 saturated heterocycles. The highest BCUT2D eigenvalue weighted by molar-refractivity contribution is 6.30. The zero-order valence-electron chi connectivity index (χ0n) is 13.8. The van der Waals surface area contributed by atoms with E-state index in [0.29, 0.717) is 13.1 Å². The first-order valence-electron chi connectivity index (χ1n) is 8.94. The van der Waals surface area contributed by atoms with Crippen molar-refractivity contribution in [3.63, 3.8) is 0 Å². The third kappa shape index (κ3) is 4.95. The average molecular weight is 335 g/mol. The number of likely N-dealkylation sites (tertiary alicyclic amines) is 1. The second-order valence-corrected chi connectivity index (χ2v) is 7.49. The van der Waals surface area contributed by atoms with E-state index in [2.05, 4.69) is 10.2 Å². The van der Waals surface area contributed by atoms with Gasteiger partial charge in [0.2, 0.25) is 5.91 Å². The van der Waals surface area contributed by atoms with Crippen molar-refractivity contribution in [1.82, 2.24) is 10.2 Å². The highest BCUT2D eigenvalue weighted by atomic mass is 35.5. The number of benzene rings is 1. The molecule has 0 spiro atoms. The number of carbonyl (C=O) groups excluding carboxylic acids is 1. The van der Waals surface area contributed by atoms with Crippen molar-refractivity contribution in [1.29, 1.82) is 0 Å². The van der Waals surface area contributed by atoms with Crippen molar-refractivity contribution in [2.45, 2.75) is 38.5 Å². The third-order valence-electron chi connectivity index (χ3n) is 5.37. The van der Waals surface area contributed by atoms with Crippen LogP contribution in [-0.2, 0) is 11.2 Å². The fraction of sp³-hybridized carbons (Fsp3) is 0.632. The molecule has 1 saturated carbocycles. The van der Waals surface area contributed by atoms with E-state index in [4.69, 9.17) is 11.6 Å². The van der Waals surface area contributed by atoms with Gasteiger partial charge >= 0.3 is 0 Å². The lowest BCUT2D eigenvalue weighted by molar-refractivity contribution is -0.123. The number of nitrogens with one attached hydrogen (secondary N) is 1. The SMILES string of the molecule is O=C(CN1CC[C@H]2CCCC[C@@H]2C1)NCCc1cccc(Cl)c1. The third-order valence-corrected chi connectivity index (χ3v) is 5.60. The summed E-state index contributed by atoms with van der Waals surface area (Å²) >= 11 is 5.98. The lowest BCUT2D eigenvalue weighted by Gasteiger charge is -2.41. The van der Waals surface area contributed by atoms with Gasteiger partial charge in [0.1, 0.15) is 0 Å². The molecule has 1 amide bonds. The minimum atomic E-state index is 0.154. The number of nitrogens with zero attached hydrogens (tertiary/aromatic N) is 1. The Kier molecular flexibility index (Phi) is 5.96. The summed E-state index contributed by atoms with van der Waals surface area (Å²) in [7, 11) is 0. The summed E-state index contributed by atoms with van der Waals surface area (Å²) in [5.41, 5.74) is 1.17. The molecule has 0 unspecified atom stereocenters. The van der Waals surface area contributed by atoms with Gasteiger partial charge in [-0.25, -0.2) is 0 Å². The Morgan fingerprint density at radius 2 is 2.04 bits per heavy atom. The van der Waals surface area contributed by atoms with Crippen LogP contribution in [0.3, 0.4) is 0 Å². The first kappa shape index (κ1) is 16.8. The van der Waals surface area contributed by atoms with Gasteiger partial charge in [-0.2, -0.15) is 0 Å². The van der Waals surface area contributed by atoms with Crippen LogP contribution in [0.25, 0.3) is 0 Å². The van der Waals surface area contributed by atoms with Crippen LogP contribution in [0.5, 0.6) is 0 Å². The molecule has 2 atom stereocenters. The number of hydrogen-bond donors (Lipinski definition) is 1. The molecule has 1 aromatic rings. The van der Waals surface area contributed by atoms with E-state index >= 15 is 0 Å². The van der Waals surface area contributed by atoms with Crippen molar-refractivity contribution in [3.8, 4) is 0 Å². The largest absolute Gasteiger partial charge is 0.355 e. The van der Waals surface area contributed by atoms with Crippen molar-refractivity contribution >= 4 is 17.5 Å². The lowest BCUT2D eigenvalue weighted by atomic mass is 9.75. The fourth-order valence-corrected chi connectivity index (χ4v) is 4.33. The van der Waals surface area contributed by atoms with Crippen LogP contribution < -0.4 is 5.32 Å². The molecule has 0 bridgehead atoms. The van der Waals surface area contributed by atoms with Gasteiger partial charge in [0.25, 0.3) is 0 Å².